The topological polar surface area (TPSA) is 131 Å². The number of rotatable bonds is 8. The van der Waals surface area contributed by atoms with E-state index in [9.17, 15) is 24.4 Å². The van der Waals surface area contributed by atoms with Crippen molar-refractivity contribution in [3.63, 3.8) is 0 Å². The molecular formula is C32H43N5O4. The van der Waals surface area contributed by atoms with Crippen LogP contribution < -0.4 is 16.0 Å². The summed E-state index contributed by atoms with van der Waals surface area (Å²) < 4.78 is 0. The number of hydrogen-bond acceptors (Lipinski definition) is 5. The van der Waals surface area contributed by atoms with E-state index >= 15 is 0 Å². The molecule has 9 nitrogen and oxygen atoms in total. The Labute approximate surface area is 242 Å². The lowest BCUT2D eigenvalue weighted by Crippen LogP contribution is -2.60. The van der Waals surface area contributed by atoms with Crippen molar-refractivity contribution in [1.29, 1.82) is 5.26 Å². The molecule has 4 amide bonds. The molecule has 0 spiro atoms. The third-order valence-electron chi connectivity index (χ3n) is 9.86. The number of nitrogens with one attached hydrogen (secondary N) is 3. The summed E-state index contributed by atoms with van der Waals surface area (Å²) in [7, 11) is 0. The number of likely N-dealkylation sites (tertiary alicyclic amines) is 1. The normalized spacial score (nSPS) is 27.2. The molecule has 9 heteroatoms. The molecule has 6 atom stereocenters. The van der Waals surface area contributed by atoms with Crippen LogP contribution >= 0.6 is 0 Å². The van der Waals surface area contributed by atoms with Crippen LogP contribution in [0.1, 0.15) is 70.6 Å². The number of benzene rings is 1. The van der Waals surface area contributed by atoms with Gasteiger partial charge in [0.15, 0.2) is 0 Å². The fraction of sp³-hybridized carbons (Fsp3) is 0.656. The second-order valence-electron chi connectivity index (χ2n) is 14.1. The minimum absolute atomic E-state index is 0.0247. The molecule has 2 saturated heterocycles. The standard InChI is InChI=1S/C32H43N5O4/c1-31(2,3)27(36-24(38)14-18-9-10-19-7-6-8-20(19)13-18)30(41)37-17-23-25(32(23,4)5)26(37)29(40)35-22(16-33)15-21-11-12-34-28(21)39/h9-10,13,21-23,25-27H,6-8,11-12,14-15,17H2,1-5H3,(H,34,39)(H,35,40)(H,36,38)/t21-,22-,23-,25-,26-,27+/m0/s1. The molecule has 0 unspecified atom stereocenters. The van der Waals surface area contributed by atoms with E-state index in [-0.39, 0.29) is 59.6 Å². The number of fused-ring (bicyclic) bond motifs is 2. The first-order valence-electron chi connectivity index (χ1n) is 15.0. The highest BCUT2D eigenvalue weighted by atomic mass is 16.2. The molecule has 1 aromatic carbocycles. The van der Waals surface area contributed by atoms with Crippen molar-refractivity contribution in [2.24, 2.45) is 28.6 Å². The summed E-state index contributed by atoms with van der Waals surface area (Å²) in [6.45, 7) is 11.0. The highest BCUT2D eigenvalue weighted by molar-refractivity contribution is 5.94. The van der Waals surface area contributed by atoms with Gasteiger partial charge in [0, 0.05) is 19.0 Å². The second-order valence-corrected chi connectivity index (χ2v) is 14.1. The number of carbonyl (C=O) groups is 4. The monoisotopic (exact) mass is 561 g/mol. The maximum Gasteiger partial charge on any atom is 0.246 e. The molecule has 1 saturated carbocycles. The van der Waals surface area contributed by atoms with E-state index < -0.39 is 23.5 Å². The first kappa shape index (κ1) is 29.1. The zero-order valence-electron chi connectivity index (χ0n) is 24.9. The number of piperidine rings is 1. The van der Waals surface area contributed by atoms with Crippen LogP contribution in [-0.4, -0.2) is 59.7 Å². The Morgan fingerprint density at radius 3 is 2.56 bits per heavy atom. The van der Waals surface area contributed by atoms with Crippen molar-refractivity contribution < 1.29 is 19.2 Å². The molecule has 4 aliphatic rings. The van der Waals surface area contributed by atoms with Gasteiger partial charge in [-0.3, -0.25) is 19.2 Å². The number of carbonyl (C=O) groups excluding carboxylic acids is 4. The Morgan fingerprint density at radius 1 is 1.17 bits per heavy atom. The number of hydrogen-bond donors (Lipinski definition) is 3. The quantitative estimate of drug-likeness (QED) is 0.448. The summed E-state index contributed by atoms with van der Waals surface area (Å²) in [5, 5.41) is 18.4. The van der Waals surface area contributed by atoms with Crippen molar-refractivity contribution in [2.45, 2.75) is 91.3 Å². The Kier molecular flexibility index (Phi) is 7.65. The van der Waals surface area contributed by atoms with Crippen molar-refractivity contribution >= 4 is 23.6 Å². The van der Waals surface area contributed by atoms with Gasteiger partial charge in [0.05, 0.1) is 12.5 Å². The summed E-state index contributed by atoms with van der Waals surface area (Å²) in [6.07, 6.45) is 4.32. The molecule has 0 radical (unpaired) electrons. The minimum Gasteiger partial charge on any atom is -0.356 e. The van der Waals surface area contributed by atoms with Gasteiger partial charge in [0.1, 0.15) is 18.1 Å². The highest BCUT2D eigenvalue weighted by Gasteiger charge is 2.69. The van der Waals surface area contributed by atoms with Crippen LogP contribution in [0.5, 0.6) is 0 Å². The van der Waals surface area contributed by atoms with E-state index in [1.165, 1.54) is 11.1 Å². The predicted molar refractivity (Wildman–Crippen MR) is 153 cm³/mol. The average Bonchev–Trinajstić information content (AvgIpc) is 3.43. The van der Waals surface area contributed by atoms with Gasteiger partial charge in [-0.2, -0.15) is 5.26 Å². The maximum absolute atomic E-state index is 14.1. The lowest BCUT2D eigenvalue weighted by atomic mass is 9.85. The van der Waals surface area contributed by atoms with Crippen LogP contribution in [0.4, 0.5) is 0 Å². The lowest BCUT2D eigenvalue weighted by molar-refractivity contribution is -0.145. The predicted octanol–water partition coefficient (Wildman–Crippen LogP) is 2.27. The van der Waals surface area contributed by atoms with E-state index in [0.717, 1.165) is 24.8 Å². The summed E-state index contributed by atoms with van der Waals surface area (Å²) in [5.41, 5.74) is 2.90. The molecule has 0 aromatic heterocycles. The van der Waals surface area contributed by atoms with Gasteiger partial charge < -0.3 is 20.9 Å². The van der Waals surface area contributed by atoms with Crippen LogP contribution in [0.3, 0.4) is 0 Å². The van der Waals surface area contributed by atoms with E-state index in [2.05, 4.69) is 48.0 Å². The molecule has 2 heterocycles. The Balaban J connectivity index is 1.30. The van der Waals surface area contributed by atoms with Gasteiger partial charge in [-0.1, -0.05) is 52.8 Å². The maximum atomic E-state index is 14.1. The zero-order chi connectivity index (χ0) is 29.7. The molecule has 5 rings (SSSR count). The Morgan fingerprint density at radius 2 is 1.90 bits per heavy atom. The van der Waals surface area contributed by atoms with Gasteiger partial charge in [0.2, 0.25) is 23.6 Å². The molecule has 1 aromatic rings. The molecule has 3 N–H and O–H groups in total. The lowest BCUT2D eigenvalue weighted by Gasteiger charge is -2.37. The second kappa shape index (κ2) is 10.8. The van der Waals surface area contributed by atoms with Gasteiger partial charge in [-0.05, 0) is 71.5 Å². The fourth-order valence-electron chi connectivity index (χ4n) is 7.32. The van der Waals surface area contributed by atoms with E-state index in [1.807, 2.05) is 26.8 Å². The molecule has 0 bridgehead atoms. The molecule has 2 aliphatic heterocycles. The molecule has 41 heavy (non-hydrogen) atoms. The largest absolute Gasteiger partial charge is 0.356 e. The molecule has 2 aliphatic carbocycles. The minimum atomic E-state index is -0.820. The Bertz CT molecular complexity index is 1290. The summed E-state index contributed by atoms with van der Waals surface area (Å²) >= 11 is 0. The van der Waals surface area contributed by atoms with Crippen LogP contribution in [0.15, 0.2) is 18.2 Å². The number of amides is 4. The third kappa shape index (κ3) is 5.71. The van der Waals surface area contributed by atoms with Gasteiger partial charge in [0.25, 0.3) is 0 Å². The summed E-state index contributed by atoms with van der Waals surface area (Å²) in [6, 6.07) is 5.98. The van der Waals surface area contributed by atoms with Crippen LogP contribution in [0, 0.1) is 39.9 Å². The number of aryl methyl sites for hydroxylation is 2. The van der Waals surface area contributed by atoms with Gasteiger partial charge >= 0.3 is 0 Å². The van der Waals surface area contributed by atoms with Crippen LogP contribution in [0.25, 0.3) is 0 Å². The van der Waals surface area contributed by atoms with E-state index in [4.69, 9.17) is 0 Å². The zero-order valence-corrected chi connectivity index (χ0v) is 24.9. The number of nitriles is 1. The first-order valence-corrected chi connectivity index (χ1v) is 15.0. The van der Waals surface area contributed by atoms with Gasteiger partial charge in [-0.15, -0.1) is 0 Å². The highest BCUT2D eigenvalue weighted by Crippen LogP contribution is 2.65. The fourth-order valence-corrected chi connectivity index (χ4v) is 7.32. The number of nitrogens with zero attached hydrogens (tertiary/aromatic N) is 2. The van der Waals surface area contributed by atoms with Crippen molar-refractivity contribution in [3.05, 3.63) is 34.9 Å². The smallest absolute Gasteiger partial charge is 0.246 e. The Hall–Kier alpha value is -3.41. The van der Waals surface area contributed by atoms with Crippen molar-refractivity contribution in [2.75, 3.05) is 13.1 Å². The average molecular weight is 562 g/mol. The van der Waals surface area contributed by atoms with Crippen LogP contribution in [-0.2, 0) is 38.4 Å². The third-order valence-corrected chi connectivity index (χ3v) is 9.86. The summed E-state index contributed by atoms with van der Waals surface area (Å²) in [5.74, 6) is -1.11. The first-order chi connectivity index (χ1) is 19.3. The molecular weight excluding hydrogens is 518 g/mol. The van der Waals surface area contributed by atoms with Crippen LogP contribution in [0.2, 0.25) is 0 Å². The van der Waals surface area contributed by atoms with Crippen molar-refractivity contribution in [3.8, 4) is 6.07 Å². The van der Waals surface area contributed by atoms with E-state index in [1.54, 1.807) is 4.90 Å². The van der Waals surface area contributed by atoms with E-state index in [0.29, 0.717) is 19.5 Å². The summed E-state index contributed by atoms with van der Waals surface area (Å²) in [4.78, 5) is 54.7. The van der Waals surface area contributed by atoms with Crippen molar-refractivity contribution in [1.82, 2.24) is 20.9 Å². The van der Waals surface area contributed by atoms with Gasteiger partial charge in [-0.25, -0.2) is 0 Å². The molecule has 3 fully saturated rings. The molecule has 220 valence electrons. The SMILES string of the molecule is CC(C)(C)[C@H](NC(=O)Cc1ccc2c(c1)CCC2)C(=O)N1C[C@H]2[C@@H]([C@H]1C(=O)N[C@H](C#N)C[C@@H]1CCNC1=O)C2(C)C.